The topological polar surface area (TPSA) is 63.6 Å². The van der Waals surface area contributed by atoms with Crippen LogP contribution in [0.3, 0.4) is 0 Å². The second-order valence-corrected chi connectivity index (χ2v) is 4.80. The molecule has 0 unspecified atom stereocenters. The maximum absolute atomic E-state index is 11.5. The molecule has 0 radical (unpaired) electrons. The summed E-state index contributed by atoms with van der Waals surface area (Å²) < 4.78 is 5.07. The van der Waals surface area contributed by atoms with E-state index < -0.39 is 10.6 Å². The van der Waals surface area contributed by atoms with Crippen LogP contribution in [0.5, 0.6) is 5.75 Å². The van der Waals surface area contributed by atoms with Crippen LogP contribution in [0.1, 0.15) is 22.8 Å². The predicted molar refractivity (Wildman–Crippen MR) is 68.3 cm³/mol. The van der Waals surface area contributed by atoms with Gasteiger partial charge >= 0.3 is 0 Å². The summed E-state index contributed by atoms with van der Waals surface area (Å²) in [4.78, 5) is 21.1. The maximum Gasteiger partial charge on any atom is 0.195 e. The molecule has 6 heteroatoms. The van der Waals surface area contributed by atoms with Crippen molar-refractivity contribution in [1.29, 1.82) is 0 Å². The molecular weight excluding hydrogens is 279 g/mol. The van der Waals surface area contributed by atoms with Crippen molar-refractivity contribution >= 4 is 34.8 Å². The van der Waals surface area contributed by atoms with Gasteiger partial charge in [-0.3, -0.25) is 9.59 Å². The largest absolute Gasteiger partial charge is 0.508 e. The molecule has 0 atom stereocenters. The molecule has 0 heterocycles. The summed E-state index contributed by atoms with van der Waals surface area (Å²) in [6, 6.07) is 4.22. The van der Waals surface area contributed by atoms with Gasteiger partial charge in [0.2, 0.25) is 0 Å². The molecule has 1 N–H and O–H groups in total. The molecule has 98 valence electrons. The summed E-state index contributed by atoms with van der Waals surface area (Å²) in [5.41, 5.74) is 0.681. The molecule has 4 nitrogen and oxygen atoms in total. The van der Waals surface area contributed by atoms with Crippen molar-refractivity contribution in [2.45, 2.75) is 18.4 Å². The first-order valence-corrected chi connectivity index (χ1v) is 6.00. The number of carbonyl (C=O) groups is 2. The number of alkyl halides is 2. The third kappa shape index (κ3) is 4.29. The number of rotatable bonds is 6. The van der Waals surface area contributed by atoms with E-state index in [1.54, 1.807) is 0 Å². The van der Waals surface area contributed by atoms with Crippen LogP contribution in [0.25, 0.3) is 0 Å². The molecule has 1 aromatic rings. The van der Waals surface area contributed by atoms with E-state index in [1.807, 2.05) is 0 Å². The number of ether oxygens (including phenoxy) is 1. The molecule has 0 aliphatic carbocycles. The zero-order valence-corrected chi connectivity index (χ0v) is 11.2. The van der Waals surface area contributed by atoms with Gasteiger partial charge in [0.15, 0.2) is 16.4 Å². The molecule has 0 aliphatic heterocycles. The Morgan fingerprint density at radius 3 is 2.61 bits per heavy atom. The molecule has 0 aromatic heterocycles. The van der Waals surface area contributed by atoms with Gasteiger partial charge in [-0.1, -0.05) is 23.2 Å². The van der Waals surface area contributed by atoms with Crippen LogP contribution < -0.4 is 0 Å². The van der Waals surface area contributed by atoms with E-state index in [0.717, 1.165) is 0 Å². The van der Waals surface area contributed by atoms with Gasteiger partial charge in [-0.15, -0.1) is 0 Å². The predicted octanol–water partition coefficient (Wildman–Crippen LogP) is 2.48. The highest BCUT2D eigenvalue weighted by molar-refractivity contribution is 6.55. The molecule has 1 rings (SSSR count). The van der Waals surface area contributed by atoms with E-state index in [-0.39, 0.29) is 30.3 Å². The van der Waals surface area contributed by atoms with E-state index in [2.05, 4.69) is 0 Å². The fraction of sp³-hybridized carbons (Fsp3) is 0.333. The van der Waals surface area contributed by atoms with Gasteiger partial charge in [0.1, 0.15) is 12.4 Å². The highest BCUT2D eigenvalue weighted by Gasteiger charge is 2.15. The van der Waals surface area contributed by atoms with Crippen molar-refractivity contribution in [3.8, 4) is 5.75 Å². The van der Waals surface area contributed by atoms with E-state index in [1.165, 1.54) is 25.1 Å². The molecule has 0 bridgehead atoms. The Kier molecular flexibility index (Phi) is 5.59. The van der Waals surface area contributed by atoms with Crippen LogP contribution >= 0.6 is 23.2 Å². The third-order valence-electron chi connectivity index (χ3n) is 2.13. The molecule has 0 fully saturated rings. The number of phenols is 1. The molecule has 18 heavy (non-hydrogen) atoms. The molecule has 0 aliphatic rings. The Morgan fingerprint density at radius 2 is 2.06 bits per heavy atom. The standard InChI is InChI=1S/C12H12Cl2O4/c1-7(15)5-18-6-9-4-8(2-3-10(9)16)11(17)12(13)14/h2-4,12,16H,5-6H2,1H3. The average molecular weight is 291 g/mol. The lowest BCUT2D eigenvalue weighted by atomic mass is 10.1. The van der Waals surface area contributed by atoms with Gasteiger partial charge in [-0.25, -0.2) is 0 Å². The van der Waals surface area contributed by atoms with Gasteiger partial charge < -0.3 is 9.84 Å². The van der Waals surface area contributed by atoms with Gasteiger partial charge in [0.25, 0.3) is 0 Å². The summed E-state index contributed by atoms with van der Waals surface area (Å²) in [7, 11) is 0. The minimum atomic E-state index is -1.15. The SMILES string of the molecule is CC(=O)COCc1cc(C(=O)C(Cl)Cl)ccc1O. The van der Waals surface area contributed by atoms with Gasteiger partial charge in [0, 0.05) is 11.1 Å². The second-order valence-electron chi connectivity index (χ2n) is 3.70. The number of Topliss-reactive ketones (excluding diaryl/α,β-unsaturated/α-hetero) is 2. The number of benzene rings is 1. The second kappa shape index (κ2) is 6.73. The summed E-state index contributed by atoms with van der Waals surface area (Å²) >= 11 is 11.0. The van der Waals surface area contributed by atoms with Crippen molar-refractivity contribution in [2.75, 3.05) is 6.61 Å². The summed E-state index contributed by atoms with van der Waals surface area (Å²) in [5.74, 6) is -0.592. The Bertz CT molecular complexity index is 457. The minimum Gasteiger partial charge on any atom is -0.508 e. The molecular formula is C12H12Cl2O4. The van der Waals surface area contributed by atoms with E-state index in [4.69, 9.17) is 27.9 Å². The smallest absolute Gasteiger partial charge is 0.195 e. The van der Waals surface area contributed by atoms with Crippen molar-refractivity contribution < 1.29 is 19.4 Å². The average Bonchev–Trinajstić information content (AvgIpc) is 2.30. The highest BCUT2D eigenvalue weighted by atomic mass is 35.5. The van der Waals surface area contributed by atoms with Crippen molar-refractivity contribution in [2.24, 2.45) is 0 Å². The van der Waals surface area contributed by atoms with Crippen LogP contribution in [0, 0.1) is 0 Å². The van der Waals surface area contributed by atoms with Gasteiger partial charge in [-0.05, 0) is 25.1 Å². The van der Waals surface area contributed by atoms with E-state index in [9.17, 15) is 14.7 Å². The Morgan fingerprint density at radius 1 is 1.39 bits per heavy atom. The number of carbonyl (C=O) groups excluding carboxylic acids is 2. The van der Waals surface area contributed by atoms with Crippen LogP contribution in [0.4, 0.5) is 0 Å². The normalized spacial score (nSPS) is 10.7. The number of hydrogen-bond donors (Lipinski definition) is 1. The molecule has 0 amide bonds. The molecule has 0 saturated heterocycles. The fourth-order valence-electron chi connectivity index (χ4n) is 1.29. The lowest BCUT2D eigenvalue weighted by molar-refractivity contribution is -0.121. The fourth-order valence-corrected chi connectivity index (χ4v) is 1.54. The summed E-state index contributed by atoms with van der Waals surface area (Å²) in [5, 5.41) is 9.58. The zero-order valence-electron chi connectivity index (χ0n) is 9.65. The van der Waals surface area contributed by atoms with Crippen molar-refractivity contribution in [3.05, 3.63) is 29.3 Å². The van der Waals surface area contributed by atoms with Crippen LogP contribution in [0.15, 0.2) is 18.2 Å². The molecule has 0 spiro atoms. The lowest BCUT2D eigenvalue weighted by Crippen LogP contribution is -2.09. The zero-order chi connectivity index (χ0) is 13.7. The first-order valence-electron chi connectivity index (χ1n) is 5.13. The Hall–Kier alpha value is -1.10. The first kappa shape index (κ1) is 15.0. The van der Waals surface area contributed by atoms with Crippen LogP contribution in [-0.4, -0.2) is 28.1 Å². The maximum atomic E-state index is 11.5. The van der Waals surface area contributed by atoms with Crippen molar-refractivity contribution in [3.63, 3.8) is 0 Å². The molecule has 1 aromatic carbocycles. The summed E-state index contributed by atoms with van der Waals surface area (Å²) in [6.07, 6.45) is 0. The number of phenolic OH excluding ortho intramolecular Hbond substituents is 1. The first-order chi connectivity index (χ1) is 8.41. The number of hydrogen-bond acceptors (Lipinski definition) is 4. The van der Waals surface area contributed by atoms with Crippen LogP contribution in [0.2, 0.25) is 0 Å². The Balaban J connectivity index is 2.81. The lowest BCUT2D eigenvalue weighted by Gasteiger charge is -2.08. The van der Waals surface area contributed by atoms with Crippen LogP contribution in [-0.2, 0) is 16.1 Å². The number of aromatic hydroxyl groups is 1. The quantitative estimate of drug-likeness (QED) is 0.646. The molecule has 0 saturated carbocycles. The number of halogens is 2. The van der Waals surface area contributed by atoms with Crippen molar-refractivity contribution in [1.82, 2.24) is 0 Å². The highest BCUT2D eigenvalue weighted by Crippen LogP contribution is 2.21. The van der Waals surface area contributed by atoms with Gasteiger partial charge in [-0.2, -0.15) is 0 Å². The van der Waals surface area contributed by atoms with Gasteiger partial charge in [0.05, 0.1) is 6.61 Å². The monoisotopic (exact) mass is 290 g/mol. The third-order valence-corrected chi connectivity index (χ3v) is 2.52. The number of ketones is 2. The minimum absolute atomic E-state index is 0.0178. The van der Waals surface area contributed by atoms with E-state index >= 15 is 0 Å². The summed E-state index contributed by atoms with van der Waals surface area (Å²) in [6.45, 7) is 1.37. The Labute approximate surface area is 114 Å². The van der Waals surface area contributed by atoms with E-state index in [0.29, 0.717) is 5.56 Å².